The highest BCUT2D eigenvalue weighted by atomic mass is 17.2. The van der Waals surface area contributed by atoms with Crippen LogP contribution in [0.3, 0.4) is 0 Å². The van der Waals surface area contributed by atoms with E-state index in [4.69, 9.17) is 14.5 Å². The lowest BCUT2D eigenvalue weighted by atomic mass is 9.58. The van der Waals surface area contributed by atoms with Gasteiger partial charge in [0.1, 0.15) is 11.7 Å². The number of rotatable bonds is 3. The molecule has 4 aliphatic rings. The van der Waals surface area contributed by atoms with Crippen molar-refractivity contribution >= 4 is 5.97 Å². The van der Waals surface area contributed by atoms with Gasteiger partial charge >= 0.3 is 5.97 Å². The van der Waals surface area contributed by atoms with Gasteiger partial charge in [0.2, 0.25) is 6.29 Å². The van der Waals surface area contributed by atoms with Crippen LogP contribution in [0, 0.1) is 11.3 Å². The van der Waals surface area contributed by atoms with E-state index in [-0.39, 0.29) is 17.4 Å². The molecule has 0 aromatic rings. The van der Waals surface area contributed by atoms with Crippen molar-refractivity contribution in [2.45, 2.75) is 51.6 Å². The average Bonchev–Trinajstić information content (AvgIpc) is 2.72. The Hall–Kier alpha value is -1.17. The van der Waals surface area contributed by atoms with Crippen LogP contribution in [0.1, 0.15) is 33.6 Å². The summed E-state index contributed by atoms with van der Waals surface area (Å²) in [6.45, 7) is 6.31. The molecule has 0 saturated carbocycles. The monoisotopic (exact) mass is 280 g/mol. The molecular weight excluding hydrogens is 260 g/mol. The molecule has 0 spiro atoms. The summed E-state index contributed by atoms with van der Waals surface area (Å²) < 4.78 is 4.71. The van der Waals surface area contributed by atoms with Crippen LogP contribution >= 0.6 is 0 Å². The molecule has 0 aromatic carbocycles. The molecule has 0 unspecified atom stereocenters. The van der Waals surface area contributed by atoms with Gasteiger partial charge in [-0.3, -0.25) is 0 Å². The third-order valence-electron chi connectivity index (χ3n) is 5.32. The van der Waals surface area contributed by atoms with Crippen LogP contribution in [-0.2, 0) is 19.3 Å². The van der Waals surface area contributed by atoms with E-state index >= 15 is 0 Å². The van der Waals surface area contributed by atoms with Crippen molar-refractivity contribution in [3.8, 4) is 0 Å². The molecule has 3 aliphatic heterocycles. The standard InChI is InChI=1S/C15H20O5/c1-9-11-5-7-15(3,20-19-11)14(9,2)6-4-10-8-12(16)18-13(10)17/h5,7-9,11-12,16H,4,6H2,1-3H3/t9-,11-,12-,14+,15+/m1/s1. The average molecular weight is 280 g/mol. The molecule has 4 rings (SSSR count). The van der Waals surface area contributed by atoms with Crippen LogP contribution in [0.4, 0.5) is 0 Å². The fourth-order valence-electron chi connectivity index (χ4n) is 3.36. The van der Waals surface area contributed by atoms with Crippen LogP contribution in [0.15, 0.2) is 23.8 Å². The Morgan fingerprint density at radius 3 is 2.65 bits per heavy atom. The predicted octanol–water partition coefficient (Wildman–Crippen LogP) is 1.87. The second kappa shape index (κ2) is 4.41. The van der Waals surface area contributed by atoms with Gasteiger partial charge < -0.3 is 9.84 Å². The van der Waals surface area contributed by atoms with Gasteiger partial charge in [0.25, 0.3) is 0 Å². The summed E-state index contributed by atoms with van der Waals surface area (Å²) in [5, 5.41) is 9.30. The topological polar surface area (TPSA) is 65.0 Å². The molecule has 20 heavy (non-hydrogen) atoms. The largest absolute Gasteiger partial charge is 0.429 e. The molecular formula is C15H20O5. The Morgan fingerprint density at radius 1 is 1.40 bits per heavy atom. The van der Waals surface area contributed by atoms with Gasteiger partial charge in [-0.15, -0.1) is 0 Å². The lowest BCUT2D eigenvalue weighted by Gasteiger charge is -2.56. The van der Waals surface area contributed by atoms with E-state index in [1.165, 1.54) is 6.08 Å². The third kappa shape index (κ3) is 1.84. The van der Waals surface area contributed by atoms with Crippen LogP contribution in [0.2, 0.25) is 0 Å². The van der Waals surface area contributed by atoms with E-state index in [1.807, 2.05) is 13.0 Å². The highest BCUT2D eigenvalue weighted by molar-refractivity contribution is 5.90. The maximum atomic E-state index is 11.6. The van der Waals surface area contributed by atoms with Gasteiger partial charge in [-0.05, 0) is 31.8 Å². The molecule has 0 radical (unpaired) electrons. The molecule has 110 valence electrons. The van der Waals surface area contributed by atoms with Gasteiger partial charge in [0, 0.05) is 11.0 Å². The fourth-order valence-corrected chi connectivity index (χ4v) is 3.36. The first-order chi connectivity index (χ1) is 9.36. The van der Waals surface area contributed by atoms with Crippen molar-refractivity contribution in [3.63, 3.8) is 0 Å². The molecule has 1 aliphatic carbocycles. The van der Waals surface area contributed by atoms with Crippen LogP contribution < -0.4 is 0 Å². The van der Waals surface area contributed by atoms with Gasteiger partial charge in [0.15, 0.2) is 0 Å². The van der Waals surface area contributed by atoms with Crippen molar-refractivity contribution in [1.82, 2.24) is 0 Å². The predicted molar refractivity (Wildman–Crippen MR) is 70.2 cm³/mol. The number of esters is 1. The van der Waals surface area contributed by atoms with E-state index < -0.39 is 17.9 Å². The van der Waals surface area contributed by atoms with Gasteiger partial charge in [-0.1, -0.05) is 26.0 Å². The molecule has 1 N–H and O–H groups in total. The Morgan fingerprint density at radius 2 is 2.15 bits per heavy atom. The second-order valence-electron chi connectivity index (χ2n) is 6.30. The third-order valence-corrected chi connectivity index (χ3v) is 5.32. The molecule has 0 amide bonds. The zero-order valence-electron chi connectivity index (χ0n) is 12.0. The minimum Gasteiger partial charge on any atom is -0.429 e. The summed E-state index contributed by atoms with van der Waals surface area (Å²) in [6, 6.07) is 0. The number of cyclic esters (lactones) is 1. The summed E-state index contributed by atoms with van der Waals surface area (Å²) in [7, 11) is 0. The maximum Gasteiger partial charge on any atom is 0.336 e. The summed E-state index contributed by atoms with van der Waals surface area (Å²) in [5.41, 5.74) is -0.0943. The molecule has 3 heterocycles. The highest BCUT2D eigenvalue weighted by Crippen LogP contribution is 2.54. The first-order valence-corrected chi connectivity index (χ1v) is 6.99. The number of hydrogen-bond donors (Lipinski definition) is 1. The van der Waals surface area contributed by atoms with Gasteiger partial charge in [-0.25, -0.2) is 14.6 Å². The Balaban J connectivity index is 1.78. The van der Waals surface area contributed by atoms with E-state index in [2.05, 4.69) is 19.9 Å². The number of hydrogen-bond acceptors (Lipinski definition) is 5. The van der Waals surface area contributed by atoms with Crippen molar-refractivity contribution in [2.75, 3.05) is 0 Å². The number of carbonyl (C=O) groups is 1. The van der Waals surface area contributed by atoms with Crippen molar-refractivity contribution < 1.29 is 24.4 Å². The molecule has 5 nitrogen and oxygen atoms in total. The maximum absolute atomic E-state index is 11.6. The van der Waals surface area contributed by atoms with Crippen molar-refractivity contribution in [2.24, 2.45) is 11.3 Å². The van der Waals surface area contributed by atoms with Crippen LogP contribution in [0.25, 0.3) is 0 Å². The lowest BCUT2D eigenvalue weighted by molar-refractivity contribution is -0.437. The summed E-state index contributed by atoms with van der Waals surface area (Å²) in [4.78, 5) is 22.5. The second-order valence-corrected chi connectivity index (χ2v) is 6.30. The Labute approximate surface area is 118 Å². The summed E-state index contributed by atoms with van der Waals surface area (Å²) in [5.74, 6) is -0.137. The number of ether oxygens (including phenoxy) is 1. The lowest BCUT2D eigenvalue weighted by Crippen LogP contribution is -2.59. The zero-order chi connectivity index (χ0) is 14.5. The Bertz CT molecular complexity index is 496. The first kappa shape index (κ1) is 13.8. The fraction of sp³-hybridized carbons (Fsp3) is 0.667. The molecule has 5 heteroatoms. The molecule has 0 aromatic heterocycles. The summed E-state index contributed by atoms with van der Waals surface area (Å²) in [6.07, 6.45) is 5.77. The zero-order valence-corrected chi connectivity index (χ0v) is 12.0. The molecule has 2 bridgehead atoms. The molecule has 1 fully saturated rings. The Kier molecular flexibility index (Phi) is 3.04. The van der Waals surface area contributed by atoms with Crippen LogP contribution in [-0.4, -0.2) is 29.1 Å². The number of aliphatic hydroxyl groups is 1. The smallest absolute Gasteiger partial charge is 0.336 e. The van der Waals surface area contributed by atoms with E-state index in [9.17, 15) is 9.90 Å². The van der Waals surface area contributed by atoms with Gasteiger partial charge in [-0.2, -0.15) is 0 Å². The SMILES string of the molecule is C[C@@H]1[C@H]2C=C[C@](C)(OO2)[C@@]1(C)CCC1=C[C@H](O)OC1=O. The highest BCUT2D eigenvalue weighted by Gasteiger charge is 2.57. The van der Waals surface area contributed by atoms with Gasteiger partial charge in [0.05, 0.1) is 0 Å². The van der Waals surface area contributed by atoms with E-state index in [0.717, 1.165) is 6.42 Å². The molecule has 1 saturated heterocycles. The van der Waals surface area contributed by atoms with Crippen LogP contribution in [0.5, 0.6) is 0 Å². The normalized spacial score (nSPS) is 46.5. The van der Waals surface area contributed by atoms with Crippen molar-refractivity contribution in [1.29, 1.82) is 0 Å². The number of carbonyl (C=O) groups excluding carboxylic acids is 1. The number of aliphatic hydroxyl groups excluding tert-OH is 1. The minimum atomic E-state index is -1.10. The number of fused-ring (bicyclic) bond motifs is 2. The minimum absolute atomic E-state index is 0.0445. The quantitative estimate of drug-likeness (QED) is 0.486. The summed E-state index contributed by atoms with van der Waals surface area (Å²) >= 11 is 0. The van der Waals surface area contributed by atoms with E-state index in [0.29, 0.717) is 12.0 Å². The first-order valence-electron chi connectivity index (χ1n) is 6.99. The van der Waals surface area contributed by atoms with Crippen molar-refractivity contribution in [3.05, 3.63) is 23.8 Å². The van der Waals surface area contributed by atoms with E-state index in [1.54, 1.807) is 0 Å². The molecule has 5 atom stereocenters.